The molecule has 8 heterocycles. The molecule has 0 aromatic heterocycles. The quantitative estimate of drug-likeness (QED) is 0.233. The molecular weight excluding hydrogens is 854 g/mol. The first kappa shape index (κ1) is 44.8. The summed E-state index contributed by atoms with van der Waals surface area (Å²) in [5, 5.41) is 31.7. The van der Waals surface area contributed by atoms with Crippen LogP contribution in [-0.2, 0) is 20.9 Å². The molecule has 67 heavy (non-hydrogen) atoms. The number of nitrogens with one attached hydrogen (secondary N) is 5. The standard InChI is InChI=1S/C50H68FN11O5/c1-49(67)17-3-4-33(51)31-61-47(66)39-29-52-48(56-44(39)62(61)42-6-2-5-41(49)54-42)53-34-8-11-35(12-9-34)58-24-26-59(27-25-58)36-15-18-50(19-16-36)20-22-57(23-21-50)37-10-7-32-30-60(46(65)38(32)28-37)40-13-14-43(63)55-45(40)64/h4,7-12,28,36,39-42,44,48,52-54,56,67H,2-3,5-6,13-27,29-31H2,1H3,(H,55,63,64)/b33-4+/t39?,40?,41?,42?,44?,48?,49-/m1/s1. The van der Waals surface area contributed by atoms with Gasteiger partial charge in [0.15, 0.2) is 0 Å². The van der Waals surface area contributed by atoms with E-state index in [0.29, 0.717) is 49.4 Å². The minimum atomic E-state index is -0.979. The Kier molecular flexibility index (Phi) is 12.1. The van der Waals surface area contributed by atoms with E-state index < -0.39 is 11.6 Å². The fourth-order valence-electron chi connectivity index (χ4n) is 13.1. The van der Waals surface area contributed by atoms with Crippen LogP contribution in [0.2, 0.25) is 0 Å². The zero-order valence-corrected chi connectivity index (χ0v) is 38.9. The second-order valence-electron chi connectivity index (χ2n) is 21.2. The summed E-state index contributed by atoms with van der Waals surface area (Å²) in [6.45, 7) is 8.68. The molecule has 7 atom stereocenters. The van der Waals surface area contributed by atoms with Crippen molar-refractivity contribution in [3.63, 3.8) is 0 Å². The predicted octanol–water partition coefficient (Wildman–Crippen LogP) is 3.56. The molecule has 2 bridgehead atoms. The van der Waals surface area contributed by atoms with E-state index in [9.17, 15) is 24.3 Å². The largest absolute Gasteiger partial charge is 0.389 e. The fraction of sp³-hybridized carbons (Fsp3) is 0.640. The third-order valence-electron chi connectivity index (χ3n) is 17.2. The summed E-state index contributed by atoms with van der Waals surface area (Å²) in [6, 6.07) is 14.7. The van der Waals surface area contributed by atoms with Crippen LogP contribution in [0.15, 0.2) is 54.4 Å². The van der Waals surface area contributed by atoms with Gasteiger partial charge in [0.2, 0.25) is 17.7 Å². The van der Waals surface area contributed by atoms with Crippen molar-refractivity contribution < 1.29 is 28.7 Å². The lowest BCUT2D eigenvalue weighted by Gasteiger charge is -2.49. The van der Waals surface area contributed by atoms with Crippen LogP contribution in [0.5, 0.6) is 0 Å². The van der Waals surface area contributed by atoms with Crippen LogP contribution in [0, 0.1) is 11.3 Å². The first-order chi connectivity index (χ1) is 32.4. The van der Waals surface area contributed by atoms with Crippen molar-refractivity contribution in [2.45, 2.75) is 139 Å². The number of piperidine rings is 3. The molecule has 17 heteroatoms. The van der Waals surface area contributed by atoms with Crippen LogP contribution in [0.3, 0.4) is 0 Å². The highest BCUT2D eigenvalue weighted by Crippen LogP contribution is 2.47. The van der Waals surface area contributed by atoms with Crippen LogP contribution in [0.1, 0.15) is 106 Å². The molecule has 1 aliphatic carbocycles. The summed E-state index contributed by atoms with van der Waals surface area (Å²) < 4.78 is 15.3. The third kappa shape index (κ3) is 8.73. The number of hydrogen-bond donors (Lipinski definition) is 6. The molecule has 8 aliphatic heterocycles. The maximum atomic E-state index is 15.3. The monoisotopic (exact) mass is 922 g/mol. The maximum Gasteiger partial charge on any atom is 0.255 e. The van der Waals surface area contributed by atoms with Gasteiger partial charge >= 0.3 is 0 Å². The van der Waals surface area contributed by atoms with Gasteiger partial charge in [0.1, 0.15) is 18.2 Å². The van der Waals surface area contributed by atoms with Gasteiger partial charge in [-0.25, -0.2) is 4.39 Å². The topological polar surface area (TPSA) is 168 Å². The van der Waals surface area contributed by atoms with E-state index in [-0.39, 0.29) is 73.0 Å². The number of anilines is 3. The Morgan fingerprint density at radius 3 is 2.31 bits per heavy atom. The highest BCUT2D eigenvalue weighted by molar-refractivity contribution is 6.05. The normalized spacial score (nSPS) is 34.0. The van der Waals surface area contributed by atoms with Crippen molar-refractivity contribution in [1.82, 2.24) is 41.1 Å². The zero-order chi connectivity index (χ0) is 46.0. The van der Waals surface area contributed by atoms with E-state index in [4.69, 9.17) is 0 Å². The number of carbonyl (C=O) groups excluding carboxylic acids is 4. The van der Waals surface area contributed by atoms with Gasteiger partial charge in [0, 0.05) is 93.5 Å². The van der Waals surface area contributed by atoms with Gasteiger partial charge in [0.05, 0.1) is 30.4 Å². The van der Waals surface area contributed by atoms with E-state index in [2.05, 4.69) is 71.6 Å². The number of rotatable bonds is 6. The first-order valence-electron chi connectivity index (χ1n) is 25.2. The molecule has 0 radical (unpaired) electrons. The van der Waals surface area contributed by atoms with Crippen molar-refractivity contribution >= 4 is 40.7 Å². The molecule has 7 fully saturated rings. The SMILES string of the molecule is C[C@@]1(O)CC/C=C(/F)CN2C(=O)C3CNC(Nc4ccc(N5CCN(C6CCC7(CC6)CCN(c6ccc8c(c6)C(=O)N(C6CCC(=O)NC6=O)C8)CC7)CC5)cc4)NC3N2C2CCCC1N2. The van der Waals surface area contributed by atoms with E-state index in [1.165, 1.54) is 50.3 Å². The summed E-state index contributed by atoms with van der Waals surface area (Å²) >= 11 is 0. The highest BCUT2D eigenvalue weighted by atomic mass is 19.1. The van der Waals surface area contributed by atoms with Gasteiger partial charge in [-0.2, -0.15) is 5.01 Å². The minimum Gasteiger partial charge on any atom is -0.389 e. The maximum absolute atomic E-state index is 15.3. The Morgan fingerprint density at radius 2 is 1.55 bits per heavy atom. The second kappa shape index (κ2) is 18.0. The van der Waals surface area contributed by atoms with Gasteiger partial charge in [0.25, 0.3) is 5.91 Å². The molecule has 4 amide bonds. The number of benzene rings is 2. The number of amides is 4. The molecule has 360 valence electrons. The second-order valence-corrected chi connectivity index (χ2v) is 21.2. The van der Waals surface area contributed by atoms with Crippen LogP contribution in [0.4, 0.5) is 21.5 Å². The molecule has 6 unspecified atom stereocenters. The summed E-state index contributed by atoms with van der Waals surface area (Å²) in [4.78, 5) is 60.8. The molecule has 9 aliphatic rings. The van der Waals surface area contributed by atoms with Crippen molar-refractivity contribution in [1.29, 1.82) is 0 Å². The molecule has 1 saturated carbocycles. The molecule has 1 spiro atoms. The average molecular weight is 922 g/mol. The van der Waals surface area contributed by atoms with E-state index in [0.717, 1.165) is 75.5 Å². The Balaban J connectivity index is 0.643. The lowest BCUT2D eigenvalue weighted by molar-refractivity contribution is -0.147. The summed E-state index contributed by atoms with van der Waals surface area (Å²) in [6.07, 6.45) is 12.1. The van der Waals surface area contributed by atoms with Crippen molar-refractivity contribution in [3.05, 3.63) is 65.5 Å². The van der Waals surface area contributed by atoms with Crippen LogP contribution in [-0.4, -0.2) is 143 Å². The Bertz CT molecular complexity index is 2250. The summed E-state index contributed by atoms with van der Waals surface area (Å²) in [5.74, 6) is -1.56. The number of nitrogens with zero attached hydrogens (tertiary/aromatic N) is 6. The number of carbonyl (C=O) groups is 4. The Labute approximate surface area is 392 Å². The van der Waals surface area contributed by atoms with Crippen LogP contribution < -0.4 is 36.4 Å². The molecule has 6 N–H and O–H groups in total. The van der Waals surface area contributed by atoms with Crippen molar-refractivity contribution in [3.8, 4) is 0 Å². The number of hydrazine groups is 1. The molecule has 2 aromatic carbocycles. The van der Waals surface area contributed by atoms with Crippen LogP contribution in [0.25, 0.3) is 0 Å². The fourth-order valence-corrected chi connectivity index (χ4v) is 13.1. The molecule has 11 rings (SSSR count). The molecular formula is C50H68FN11O5. The Morgan fingerprint density at radius 1 is 0.806 bits per heavy atom. The number of piperazine rings is 1. The number of imide groups is 1. The molecule has 6 saturated heterocycles. The van der Waals surface area contributed by atoms with Crippen molar-refractivity contribution in [2.75, 3.05) is 67.5 Å². The minimum absolute atomic E-state index is 0.0898. The number of halogens is 1. The third-order valence-corrected chi connectivity index (χ3v) is 17.2. The van der Waals surface area contributed by atoms with Gasteiger partial charge < -0.3 is 25.1 Å². The van der Waals surface area contributed by atoms with Gasteiger partial charge in [-0.15, -0.1) is 0 Å². The Hall–Kier alpha value is -4.65. The predicted molar refractivity (Wildman–Crippen MR) is 252 cm³/mol. The summed E-state index contributed by atoms with van der Waals surface area (Å²) in [7, 11) is 0. The number of allylic oxidation sites excluding steroid dienone is 1. The molecule has 16 nitrogen and oxygen atoms in total. The number of hydrogen-bond acceptors (Lipinski definition) is 13. The van der Waals surface area contributed by atoms with Gasteiger partial charge in [-0.3, -0.25) is 50.4 Å². The van der Waals surface area contributed by atoms with Crippen molar-refractivity contribution in [2.24, 2.45) is 11.3 Å². The van der Waals surface area contributed by atoms with Gasteiger partial charge in [-0.1, -0.05) is 12.1 Å². The van der Waals surface area contributed by atoms with Crippen LogP contribution >= 0.6 is 0 Å². The number of fused-ring (bicyclic) bond motifs is 7. The van der Waals surface area contributed by atoms with E-state index in [1.807, 2.05) is 24.1 Å². The lowest BCUT2D eigenvalue weighted by Crippen LogP contribution is -2.69. The van der Waals surface area contributed by atoms with Gasteiger partial charge in [-0.05, 0) is 131 Å². The zero-order valence-electron chi connectivity index (χ0n) is 38.9. The average Bonchev–Trinajstić information content (AvgIpc) is 3.80. The smallest absolute Gasteiger partial charge is 0.255 e. The number of aliphatic hydroxyl groups is 1. The lowest BCUT2D eigenvalue weighted by atomic mass is 9.66. The van der Waals surface area contributed by atoms with E-state index in [1.54, 1.807) is 9.91 Å². The summed E-state index contributed by atoms with van der Waals surface area (Å²) in [5.41, 5.74) is 4.31. The van der Waals surface area contributed by atoms with E-state index >= 15 is 4.39 Å². The highest BCUT2D eigenvalue weighted by Gasteiger charge is 2.53. The molecule has 2 aromatic rings. The first-order valence-corrected chi connectivity index (χ1v) is 25.2.